The molecule has 3 fully saturated rings. The fourth-order valence-electron chi connectivity index (χ4n) is 7.46. The van der Waals surface area contributed by atoms with Gasteiger partial charge in [0.05, 0.1) is 6.10 Å². The Hall–Kier alpha value is -1.55. The average molecular weight is 413 g/mol. The number of ether oxygens (including phenoxy) is 1. The highest BCUT2D eigenvalue weighted by atomic mass is 16.5. The number of rotatable bonds is 6. The van der Waals surface area contributed by atoms with Gasteiger partial charge in [-0.1, -0.05) is 33.8 Å². The number of hydrogen-bond donors (Lipinski definition) is 0. The molecule has 0 aliphatic heterocycles. The smallest absolute Gasteiger partial charge is 0.191 e. The Balaban J connectivity index is 1.72. The predicted octanol–water partition coefficient (Wildman–Crippen LogP) is 5.01. The van der Waals surface area contributed by atoms with Gasteiger partial charge in [-0.2, -0.15) is 0 Å². The van der Waals surface area contributed by atoms with Crippen LogP contribution in [0.1, 0.15) is 78.6 Å². The zero-order valence-electron chi connectivity index (χ0n) is 18.7. The fourth-order valence-corrected chi connectivity index (χ4v) is 7.46. The molecule has 3 saturated carbocycles. The summed E-state index contributed by atoms with van der Waals surface area (Å²) in [5.74, 6) is 1.33. The molecule has 2 unspecified atom stereocenters. The summed E-state index contributed by atoms with van der Waals surface area (Å²) in [5.41, 5.74) is 1.36. The first-order chi connectivity index (χ1) is 14.2. The molecule has 7 atom stereocenters. The number of ketones is 3. The maximum absolute atomic E-state index is 12.5. The molecule has 30 heavy (non-hydrogen) atoms. The van der Waals surface area contributed by atoms with E-state index in [1.54, 1.807) is 13.0 Å². The van der Waals surface area contributed by atoms with Crippen LogP contribution in [0.3, 0.4) is 0 Å². The molecule has 0 N–H and O–H groups in total. The standard InChI is InChI=1S/C26H36O4/c1-5-21(28)24(22(29)6-2)30-23-15-17-18-8-7-11-25(18,3)12-10-19(17)26(4)13-9-16(27)14-20(23)26/h5,14,17-19,23-24H,1,6-13,15H2,2-4H3/t17-,18-,19+,23?,24?,25-,26+/m0/s1. The van der Waals surface area contributed by atoms with Crippen LogP contribution in [0.25, 0.3) is 0 Å². The molecule has 0 amide bonds. The van der Waals surface area contributed by atoms with Gasteiger partial charge >= 0.3 is 0 Å². The van der Waals surface area contributed by atoms with Gasteiger partial charge in [0, 0.05) is 12.8 Å². The third-order valence-corrected chi connectivity index (χ3v) is 9.14. The Bertz CT molecular complexity index is 795. The molecule has 0 spiro atoms. The fraction of sp³-hybridized carbons (Fsp3) is 0.731. The lowest BCUT2D eigenvalue weighted by atomic mass is 9.47. The van der Waals surface area contributed by atoms with Gasteiger partial charge in [-0.15, -0.1) is 0 Å². The molecule has 4 aliphatic rings. The van der Waals surface area contributed by atoms with Gasteiger partial charge in [-0.25, -0.2) is 0 Å². The van der Waals surface area contributed by atoms with E-state index in [2.05, 4.69) is 20.4 Å². The van der Waals surface area contributed by atoms with E-state index in [1.807, 2.05) is 0 Å². The summed E-state index contributed by atoms with van der Waals surface area (Å²) in [4.78, 5) is 37.4. The van der Waals surface area contributed by atoms with Crippen LogP contribution in [0.15, 0.2) is 24.3 Å². The van der Waals surface area contributed by atoms with Gasteiger partial charge in [0.25, 0.3) is 0 Å². The number of fused-ring (bicyclic) bond motifs is 5. The number of hydrogen-bond acceptors (Lipinski definition) is 4. The number of carbonyl (C=O) groups excluding carboxylic acids is 3. The topological polar surface area (TPSA) is 60.4 Å². The van der Waals surface area contributed by atoms with Crippen LogP contribution in [0, 0.1) is 28.6 Å². The predicted molar refractivity (Wildman–Crippen MR) is 116 cm³/mol. The van der Waals surface area contributed by atoms with Crippen molar-refractivity contribution in [3.63, 3.8) is 0 Å². The number of carbonyl (C=O) groups is 3. The van der Waals surface area contributed by atoms with Crippen molar-refractivity contribution in [2.24, 2.45) is 28.6 Å². The minimum absolute atomic E-state index is 0.0809. The Morgan fingerprint density at radius 1 is 1.23 bits per heavy atom. The van der Waals surface area contributed by atoms with Gasteiger partial charge in [0.1, 0.15) is 0 Å². The minimum atomic E-state index is -1.10. The normalized spacial score (nSPS) is 41.2. The molecule has 0 heterocycles. The summed E-state index contributed by atoms with van der Waals surface area (Å²) >= 11 is 0. The SMILES string of the molecule is C=CC(=O)C(OC1C[C@@H]2[C@@H](CC[C@]3(C)CCC[C@@H]23)[C@@]2(C)CCC(=O)C=C12)C(=O)CC. The molecular weight excluding hydrogens is 376 g/mol. The van der Waals surface area contributed by atoms with Crippen molar-refractivity contribution in [3.05, 3.63) is 24.3 Å². The van der Waals surface area contributed by atoms with Crippen molar-refractivity contribution in [2.75, 3.05) is 0 Å². The van der Waals surface area contributed by atoms with E-state index in [0.29, 0.717) is 29.6 Å². The van der Waals surface area contributed by atoms with Crippen LogP contribution in [0.5, 0.6) is 0 Å². The summed E-state index contributed by atoms with van der Waals surface area (Å²) in [6, 6.07) is 0. The lowest BCUT2D eigenvalue weighted by molar-refractivity contribution is -0.150. The minimum Gasteiger partial charge on any atom is -0.355 e. The summed E-state index contributed by atoms with van der Waals surface area (Å²) in [7, 11) is 0. The van der Waals surface area contributed by atoms with E-state index in [-0.39, 0.29) is 35.3 Å². The monoisotopic (exact) mass is 412 g/mol. The Morgan fingerprint density at radius 3 is 2.70 bits per heavy atom. The van der Waals surface area contributed by atoms with Gasteiger partial charge in [-0.3, -0.25) is 14.4 Å². The van der Waals surface area contributed by atoms with Crippen molar-refractivity contribution in [1.82, 2.24) is 0 Å². The third kappa shape index (κ3) is 3.36. The van der Waals surface area contributed by atoms with Crippen molar-refractivity contribution >= 4 is 17.3 Å². The first-order valence-corrected chi connectivity index (χ1v) is 11.8. The lowest BCUT2D eigenvalue weighted by Crippen LogP contribution is -2.54. The zero-order valence-corrected chi connectivity index (χ0v) is 18.7. The van der Waals surface area contributed by atoms with Gasteiger partial charge in [0.15, 0.2) is 23.5 Å². The van der Waals surface area contributed by atoms with Crippen LogP contribution >= 0.6 is 0 Å². The first kappa shape index (κ1) is 21.7. The molecular formula is C26H36O4. The van der Waals surface area contributed by atoms with Crippen LogP contribution in [-0.4, -0.2) is 29.6 Å². The summed E-state index contributed by atoms with van der Waals surface area (Å²) in [6.07, 6.45) is 10.4. The molecule has 4 aliphatic carbocycles. The summed E-state index contributed by atoms with van der Waals surface area (Å²) in [5, 5.41) is 0. The molecule has 4 nitrogen and oxygen atoms in total. The molecule has 0 aromatic carbocycles. The van der Waals surface area contributed by atoms with Crippen molar-refractivity contribution in [3.8, 4) is 0 Å². The molecule has 0 aromatic heterocycles. The van der Waals surface area contributed by atoms with Gasteiger partial charge in [0.2, 0.25) is 0 Å². The van der Waals surface area contributed by atoms with E-state index in [1.165, 1.54) is 38.2 Å². The zero-order chi connectivity index (χ0) is 21.7. The van der Waals surface area contributed by atoms with E-state index < -0.39 is 6.10 Å². The van der Waals surface area contributed by atoms with E-state index >= 15 is 0 Å². The molecule has 0 radical (unpaired) electrons. The Labute approximate surface area is 180 Å². The molecule has 4 heteroatoms. The first-order valence-electron chi connectivity index (χ1n) is 11.8. The molecule has 164 valence electrons. The van der Waals surface area contributed by atoms with E-state index in [9.17, 15) is 14.4 Å². The van der Waals surface area contributed by atoms with E-state index in [0.717, 1.165) is 18.4 Å². The highest BCUT2D eigenvalue weighted by Crippen LogP contribution is 2.65. The summed E-state index contributed by atoms with van der Waals surface area (Å²) in [6.45, 7) is 10.1. The van der Waals surface area contributed by atoms with Crippen molar-refractivity contribution in [1.29, 1.82) is 0 Å². The maximum Gasteiger partial charge on any atom is 0.191 e. The van der Waals surface area contributed by atoms with E-state index in [4.69, 9.17) is 4.74 Å². The summed E-state index contributed by atoms with van der Waals surface area (Å²) < 4.78 is 6.32. The van der Waals surface area contributed by atoms with Crippen molar-refractivity contribution < 1.29 is 19.1 Å². The molecule has 0 bridgehead atoms. The van der Waals surface area contributed by atoms with Crippen LogP contribution in [-0.2, 0) is 19.1 Å². The Kier molecular flexibility index (Phi) is 5.67. The van der Waals surface area contributed by atoms with Gasteiger partial charge < -0.3 is 4.74 Å². The second kappa shape index (κ2) is 7.85. The number of Topliss-reactive ketones (excluding diaryl/α,β-unsaturated/α-hetero) is 1. The third-order valence-electron chi connectivity index (χ3n) is 9.14. The van der Waals surface area contributed by atoms with Crippen LogP contribution in [0.2, 0.25) is 0 Å². The Morgan fingerprint density at radius 2 is 2.00 bits per heavy atom. The second-order valence-electron chi connectivity index (χ2n) is 10.6. The molecule has 0 saturated heterocycles. The maximum atomic E-state index is 12.5. The quantitative estimate of drug-likeness (QED) is 0.455. The highest BCUT2D eigenvalue weighted by Gasteiger charge is 2.58. The highest BCUT2D eigenvalue weighted by molar-refractivity contribution is 6.10. The van der Waals surface area contributed by atoms with Gasteiger partial charge in [-0.05, 0) is 84.8 Å². The largest absolute Gasteiger partial charge is 0.355 e. The lowest BCUT2D eigenvalue weighted by Gasteiger charge is -2.59. The van der Waals surface area contributed by atoms with Crippen LogP contribution < -0.4 is 0 Å². The molecule has 4 rings (SSSR count). The second-order valence-corrected chi connectivity index (χ2v) is 10.6. The molecule has 0 aromatic rings. The van der Waals surface area contributed by atoms with Crippen LogP contribution in [0.4, 0.5) is 0 Å². The average Bonchev–Trinajstić information content (AvgIpc) is 3.13. The van der Waals surface area contributed by atoms with Crippen molar-refractivity contribution in [2.45, 2.75) is 90.8 Å².